The average Bonchev–Trinajstić information content (AvgIpc) is 2.57. The van der Waals surface area contributed by atoms with Gasteiger partial charge >= 0.3 is 12.2 Å². The zero-order valence-corrected chi connectivity index (χ0v) is 21.5. The van der Waals surface area contributed by atoms with Gasteiger partial charge in [-0.05, 0) is 25.7 Å². The van der Waals surface area contributed by atoms with Gasteiger partial charge in [0.15, 0.2) is 0 Å². The highest BCUT2D eigenvalue weighted by molar-refractivity contribution is 5.67. The molecule has 9 heteroatoms. The van der Waals surface area contributed by atoms with Crippen molar-refractivity contribution in [3.05, 3.63) is 0 Å². The molecule has 0 N–H and O–H groups in total. The standard InChI is InChI=1S/C20H44N4O4.BrH/c1-21(2)19(25)27-17-15-23(5,6)13-11-9-10-12-14-24(7,8)16-18-28-20(26)22(3)4;/h9-18H2,1-8H3;1H/q+2;/p-1. The van der Waals surface area contributed by atoms with Crippen molar-refractivity contribution in [1.82, 2.24) is 9.80 Å². The van der Waals surface area contributed by atoms with Crippen molar-refractivity contribution in [2.75, 3.05) is 95.8 Å². The van der Waals surface area contributed by atoms with Gasteiger partial charge in [-0.25, -0.2) is 9.59 Å². The zero-order valence-electron chi connectivity index (χ0n) is 19.9. The second-order valence-corrected chi connectivity index (χ2v) is 9.20. The van der Waals surface area contributed by atoms with Crippen LogP contribution in [0, 0.1) is 0 Å². The third-order valence-electron chi connectivity index (χ3n) is 4.85. The van der Waals surface area contributed by atoms with Crippen LogP contribution in [0.3, 0.4) is 0 Å². The quantitative estimate of drug-likeness (QED) is 0.251. The summed E-state index contributed by atoms with van der Waals surface area (Å²) in [7, 11) is 15.5. The summed E-state index contributed by atoms with van der Waals surface area (Å²) in [5, 5.41) is 0. The van der Waals surface area contributed by atoms with Crippen LogP contribution < -0.4 is 17.0 Å². The highest BCUT2D eigenvalue weighted by atomic mass is 79.9. The van der Waals surface area contributed by atoms with Gasteiger partial charge in [0.25, 0.3) is 0 Å². The average molecular weight is 485 g/mol. The van der Waals surface area contributed by atoms with Crippen molar-refractivity contribution in [2.24, 2.45) is 0 Å². The van der Waals surface area contributed by atoms with Crippen LogP contribution in [-0.2, 0) is 9.47 Å². The lowest BCUT2D eigenvalue weighted by Gasteiger charge is -2.30. The number of carbonyl (C=O) groups is 2. The van der Waals surface area contributed by atoms with E-state index < -0.39 is 0 Å². The molecule has 0 fully saturated rings. The number of carbonyl (C=O) groups excluding carboxylic acids is 2. The third-order valence-corrected chi connectivity index (χ3v) is 4.85. The predicted molar refractivity (Wildman–Crippen MR) is 112 cm³/mol. The molecule has 0 aliphatic carbocycles. The number of halogens is 1. The molecular weight excluding hydrogens is 440 g/mol. The molecule has 0 aromatic heterocycles. The van der Waals surface area contributed by atoms with E-state index in [1.807, 2.05) is 0 Å². The molecule has 2 amide bonds. The molecule has 29 heavy (non-hydrogen) atoms. The van der Waals surface area contributed by atoms with Crippen LogP contribution in [0.1, 0.15) is 25.7 Å². The maximum absolute atomic E-state index is 11.4. The van der Waals surface area contributed by atoms with Crippen molar-refractivity contribution >= 4 is 12.2 Å². The molecule has 0 unspecified atom stereocenters. The molecule has 0 aliphatic rings. The Bertz CT molecular complexity index is 429. The molecule has 0 saturated heterocycles. The van der Waals surface area contributed by atoms with Gasteiger partial charge in [-0.3, -0.25) is 0 Å². The number of ether oxygens (including phenoxy) is 2. The minimum atomic E-state index is -0.280. The minimum absolute atomic E-state index is 0. The predicted octanol–water partition coefficient (Wildman–Crippen LogP) is -0.900. The first-order valence-corrected chi connectivity index (χ1v) is 10.2. The fourth-order valence-corrected chi connectivity index (χ4v) is 2.68. The summed E-state index contributed by atoms with van der Waals surface area (Å²) in [6.45, 7) is 4.73. The van der Waals surface area contributed by atoms with Crippen LogP contribution >= 0.6 is 0 Å². The van der Waals surface area contributed by atoms with Crippen molar-refractivity contribution in [2.45, 2.75) is 25.7 Å². The molecular formula is C20H44BrN4O4+. The fraction of sp³-hybridized carbons (Fsp3) is 0.900. The largest absolute Gasteiger partial charge is 1.00 e. The number of hydrogen-bond donors (Lipinski definition) is 0. The van der Waals surface area contributed by atoms with Crippen LogP contribution in [-0.4, -0.2) is 127 Å². The summed E-state index contributed by atoms with van der Waals surface area (Å²) < 4.78 is 12.2. The van der Waals surface area contributed by atoms with Crippen molar-refractivity contribution in [1.29, 1.82) is 0 Å². The first kappa shape index (κ1) is 30.1. The summed E-state index contributed by atoms with van der Waals surface area (Å²) in [5.41, 5.74) is 0. The Balaban J connectivity index is 0. The van der Waals surface area contributed by atoms with Gasteiger partial charge in [-0.1, -0.05) is 0 Å². The number of unbranched alkanes of at least 4 members (excludes halogenated alkanes) is 3. The molecule has 0 aliphatic heterocycles. The van der Waals surface area contributed by atoms with E-state index in [1.165, 1.54) is 35.5 Å². The molecule has 0 radical (unpaired) electrons. The van der Waals surface area contributed by atoms with E-state index in [0.717, 1.165) is 35.1 Å². The number of nitrogens with zero attached hydrogens (tertiary/aromatic N) is 4. The molecule has 8 nitrogen and oxygen atoms in total. The Labute approximate surface area is 188 Å². The van der Waals surface area contributed by atoms with E-state index in [4.69, 9.17) is 9.47 Å². The van der Waals surface area contributed by atoms with E-state index in [-0.39, 0.29) is 29.2 Å². The first-order valence-electron chi connectivity index (χ1n) is 10.2. The van der Waals surface area contributed by atoms with Gasteiger partial charge in [0.2, 0.25) is 0 Å². The Kier molecular flexibility index (Phi) is 15.4. The highest BCUT2D eigenvalue weighted by Gasteiger charge is 2.18. The summed E-state index contributed by atoms with van der Waals surface area (Å²) in [6, 6.07) is 0. The van der Waals surface area contributed by atoms with E-state index in [0.29, 0.717) is 13.2 Å². The molecule has 0 bridgehead atoms. The van der Waals surface area contributed by atoms with Crippen molar-refractivity contribution in [3.63, 3.8) is 0 Å². The van der Waals surface area contributed by atoms with Crippen LogP contribution in [0.2, 0.25) is 0 Å². The van der Waals surface area contributed by atoms with Crippen LogP contribution in [0.25, 0.3) is 0 Å². The Hall–Kier alpha value is -1.06. The van der Waals surface area contributed by atoms with Gasteiger partial charge in [0.1, 0.15) is 26.3 Å². The van der Waals surface area contributed by atoms with Crippen molar-refractivity contribution < 1.29 is 45.0 Å². The van der Waals surface area contributed by atoms with Crippen LogP contribution in [0.15, 0.2) is 0 Å². The zero-order chi connectivity index (χ0) is 21.8. The number of likely N-dealkylation sites (N-methyl/N-ethyl adjacent to an activating group) is 2. The maximum Gasteiger partial charge on any atom is 0.409 e. The van der Waals surface area contributed by atoms with Gasteiger partial charge < -0.3 is 45.2 Å². The second kappa shape index (κ2) is 14.8. The Morgan fingerprint density at radius 1 is 0.621 bits per heavy atom. The van der Waals surface area contributed by atoms with E-state index in [9.17, 15) is 9.59 Å². The van der Waals surface area contributed by atoms with E-state index in [1.54, 1.807) is 28.2 Å². The lowest BCUT2D eigenvalue weighted by atomic mass is 10.1. The smallest absolute Gasteiger partial charge is 0.409 e. The maximum atomic E-state index is 11.4. The molecule has 0 aromatic carbocycles. The SMILES string of the molecule is CN(C)C(=O)OCC[N+](C)(C)CCCCCC[N+](C)(C)CCOC(=O)N(C)C.[Br-]. The summed E-state index contributed by atoms with van der Waals surface area (Å²) in [5.74, 6) is 0. The summed E-state index contributed by atoms with van der Waals surface area (Å²) in [6.07, 6.45) is 4.18. The monoisotopic (exact) mass is 483 g/mol. The van der Waals surface area contributed by atoms with E-state index >= 15 is 0 Å². The second-order valence-electron chi connectivity index (χ2n) is 9.20. The Morgan fingerprint density at radius 3 is 1.21 bits per heavy atom. The lowest BCUT2D eigenvalue weighted by Crippen LogP contribution is -3.00. The molecule has 0 atom stereocenters. The fourth-order valence-electron chi connectivity index (χ4n) is 2.68. The van der Waals surface area contributed by atoms with Gasteiger partial charge in [-0.2, -0.15) is 0 Å². The molecule has 0 spiro atoms. The van der Waals surface area contributed by atoms with E-state index in [2.05, 4.69) is 28.2 Å². The molecule has 0 aromatic rings. The number of quaternary nitrogens is 2. The molecule has 174 valence electrons. The van der Waals surface area contributed by atoms with Gasteiger partial charge in [-0.15, -0.1) is 0 Å². The molecule has 0 saturated carbocycles. The minimum Gasteiger partial charge on any atom is -1.00 e. The summed E-state index contributed by atoms with van der Waals surface area (Å²) >= 11 is 0. The number of amides is 2. The normalized spacial score (nSPS) is 11.4. The molecule has 0 heterocycles. The number of hydrogen-bond acceptors (Lipinski definition) is 4. The first-order chi connectivity index (χ1) is 12.9. The number of rotatable bonds is 13. The Morgan fingerprint density at radius 2 is 0.931 bits per heavy atom. The molecule has 0 rings (SSSR count). The van der Waals surface area contributed by atoms with Crippen LogP contribution in [0.5, 0.6) is 0 Å². The van der Waals surface area contributed by atoms with Gasteiger partial charge in [0, 0.05) is 28.2 Å². The summed E-state index contributed by atoms with van der Waals surface area (Å²) in [4.78, 5) is 25.8. The third kappa shape index (κ3) is 16.4. The lowest BCUT2D eigenvalue weighted by molar-refractivity contribution is -0.891. The highest BCUT2D eigenvalue weighted by Crippen LogP contribution is 2.08. The van der Waals surface area contributed by atoms with Crippen molar-refractivity contribution in [3.8, 4) is 0 Å². The van der Waals surface area contributed by atoms with Gasteiger partial charge in [0.05, 0.1) is 41.3 Å². The van der Waals surface area contributed by atoms with Crippen LogP contribution in [0.4, 0.5) is 9.59 Å². The topological polar surface area (TPSA) is 59.1 Å².